The number of benzene rings is 1. The molecule has 1 aliphatic heterocycles. The molecule has 2 aliphatic rings. The minimum atomic E-state index is -4.53. The van der Waals surface area contributed by atoms with E-state index in [0.29, 0.717) is 16.5 Å². The predicted molar refractivity (Wildman–Crippen MR) is 137 cm³/mol. The van der Waals surface area contributed by atoms with Crippen LogP contribution in [0.3, 0.4) is 0 Å². The van der Waals surface area contributed by atoms with Crippen LogP contribution in [0.15, 0.2) is 36.4 Å². The van der Waals surface area contributed by atoms with Gasteiger partial charge in [-0.25, -0.2) is 4.68 Å². The van der Waals surface area contributed by atoms with E-state index in [1.54, 1.807) is 30.3 Å². The van der Waals surface area contributed by atoms with Gasteiger partial charge in [-0.1, -0.05) is 51.1 Å². The third-order valence-electron chi connectivity index (χ3n) is 7.45. The molecule has 0 radical (unpaired) electrons. The number of nitriles is 1. The van der Waals surface area contributed by atoms with Crippen molar-refractivity contribution in [3.63, 3.8) is 0 Å². The monoisotopic (exact) mass is 527 g/mol. The largest absolute Gasteiger partial charge is 0.410 e. The van der Waals surface area contributed by atoms with Gasteiger partial charge in [0.2, 0.25) is 0 Å². The lowest BCUT2D eigenvalue weighted by Gasteiger charge is -2.33. The number of carbonyl (C=O) groups excluding carboxylic acids is 1. The van der Waals surface area contributed by atoms with Gasteiger partial charge in [0.25, 0.3) is 5.91 Å². The first-order chi connectivity index (χ1) is 17.5. The van der Waals surface area contributed by atoms with Crippen LogP contribution in [0.4, 0.5) is 24.0 Å². The van der Waals surface area contributed by atoms with Gasteiger partial charge in [0.15, 0.2) is 11.7 Å². The number of hydrogen-bond donors (Lipinski definition) is 2. The zero-order valence-electron chi connectivity index (χ0n) is 20.8. The molecule has 0 unspecified atom stereocenters. The number of thiophene rings is 1. The van der Waals surface area contributed by atoms with Gasteiger partial charge in [0.05, 0.1) is 11.6 Å². The Kier molecular flexibility index (Phi) is 6.31. The molecular formula is C27H28F3N5OS. The first-order valence-electron chi connectivity index (χ1n) is 12.3. The van der Waals surface area contributed by atoms with Crippen molar-refractivity contribution in [2.24, 2.45) is 11.3 Å². The summed E-state index contributed by atoms with van der Waals surface area (Å²) in [5.74, 6) is -0.0357. The normalized spacial score (nSPS) is 21.4. The molecule has 2 N–H and O–H groups in total. The SMILES string of the molecule is CC(C)(C)[C@H]1CCc2c(sc(NC(=O)c3cc4n(n3)[C@H](C(F)(F)F)C[C@H](c3ccccc3)N4)c2C#N)C1. The van der Waals surface area contributed by atoms with Crippen molar-refractivity contribution in [3.8, 4) is 6.07 Å². The summed E-state index contributed by atoms with van der Waals surface area (Å²) in [5.41, 5.74) is 2.14. The van der Waals surface area contributed by atoms with Crippen molar-refractivity contribution >= 4 is 28.1 Å². The molecular weight excluding hydrogens is 499 g/mol. The van der Waals surface area contributed by atoms with Gasteiger partial charge in [-0.15, -0.1) is 11.3 Å². The highest BCUT2D eigenvalue weighted by Crippen LogP contribution is 2.45. The Labute approximate surface area is 217 Å². The number of fused-ring (bicyclic) bond motifs is 2. The molecule has 10 heteroatoms. The van der Waals surface area contributed by atoms with Crippen molar-refractivity contribution < 1.29 is 18.0 Å². The van der Waals surface area contributed by atoms with Crippen LogP contribution >= 0.6 is 11.3 Å². The van der Waals surface area contributed by atoms with Crippen molar-refractivity contribution in [2.45, 2.75) is 64.7 Å². The Morgan fingerprint density at radius 1 is 1.24 bits per heavy atom. The van der Waals surface area contributed by atoms with E-state index < -0.39 is 24.2 Å². The number of nitrogens with zero attached hydrogens (tertiary/aromatic N) is 3. The van der Waals surface area contributed by atoms with E-state index in [1.807, 2.05) is 0 Å². The predicted octanol–water partition coefficient (Wildman–Crippen LogP) is 6.88. The summed E-state index contributed by atoms with van der Waals surface area (Å²) >= 11 is 1.38. The quantitative estimate of drug-likeness (QED) is 0.389. The molecule has 6 nitrogen and oxygen atoms in total. The van der Waals surface area contributed by atoms with E-state index in [2.05, 4.69) is 42.6 Å². The number of halogens is 3. The average Bonchev–Trinajstić information content (AvgIpc) is 3.43. The van der Waals surface area contributed by atoms with E-state index in [1.165, 1.54) is 17.4 Å². The number of aromatic nitrogens is 2. The minimum absolute atomic E-state index is 0.131. The Morgan fingerprint density at radius 2 is 1.97 bits per heavy atom. The van der Waals surface area contributed by atoms with E-state index in [-0.39, 0.29) is 23.3 Å². The van der Waals surface area contributed by atoms with Crippen LogP contribution in [0, 0.1) is 22.7 Å². The number of rotatable bonds is 3. The summed E-state index contributed by atoms with van der Waals surface area (Å²) in [5, 5.41) is 20.2. The first-order valence-corrected chi connectivity index (χ1v) is 13.1. The zero-order valence-corrected chi connectivity index (χ0v) is 21.6. The maximum Gasteiger partial charge on any atom is 0.410 e. The molecule has 0 fully saturated rings. The summed E-state index contributed by atoms with van der Waals surface area (Å²) in [6.07, 6.45) is -2.20. The number of nitrogens with one attached hydrogen (secondary N) is 2. The molecule has 0 bridgehead atoms. The highest BCUT2D eigenvalue weighted by molar-refractivity contribution is 7.16. The van der Waals surface area contributed by atoms with Crippen LogP contribution in [-0.2, 0) is 12.8 Å². The number of hydrogen-bond acceptors (Lipinski definition) is 5. The number of anilines is 2. The first kappa shape index (κ1) is 25.3. The third-order valence-corrected chi connectivity index (χ3v) is 8.62. The fraction of sp³-hybridized carbons (Fsp3) is 0.444. The van der Waals surface area contributed by atoms with Gasteiger partial charge < -0.3 is 10.6 Å². The molecule has 1 aromatic carbocycles. The van der Waals surface area contributed by atoms with Gasteiger partial charge in [-0.3, -0.25) is 4.79 Å². The minimum Gasteiger partial charge on any atom is -0.363 e. The Bertz CT molecular complexity index is 1360. The van der Waals surface area contributed by atoms with Gasteiger partial charge in [0.1, 0.15) is 16.9 Å². The summed E-state index contributed by atoms with van der Waals surface area (Å²) in [4.78, 5) is 14.2. The lowest BCUT2D eigenvalue weighted by molar-refractivity contribution is -0.173. The van der Waals surface area contributed by atoms with Crippen molar-refractivity contribution in [3.05, 3.63) is 63.7 Å². The number of alkyl halides is 3. The molecule has 0 spiro atoms. The van der Waals surface area contributed by atoms with Crippen LogP contribution in [-0.4, -0.2) is 21.9 Å². The van der Waals surface area contributed by atoms with Crippen LogP contribution in [0.2, 0.25) is 0 Å². The number of amides is 1. The Hall–Kier alpha value is -3.32. The van der Waals surface area contributed by atoms with Crippen molar-refractivity contribution in [2.75, 3.05) is 10.6 Å². The van der Waals surface area contributed by atoms with Gasteiger partial charge >= 0.3 is 6.18 Å². The lowest BCUT2D eigenvalue weighted by Crippen LogP contribution is -2.35. The molecule has 0 saturated carbocycles. The molecule has 5 rings (SSSR count). The zero-order chi connectivity index (χ0) is 26.5. The maximum absolute atomic E-state index is 14.0. The van der Waals surface area contributed by atoms with Crippen LogP contribution in [0.25, 0.3) is 0 Å². The summed E-state index contributed by atoms with van der Waals surface area (Å²) in [6, 6.07) is 10.0. The van der Waals surface area contributed by atoms with E-state index in [0.717, 1.165) is 39.9 Å². The van der Waals surface area contributed by atoms with Gasteiger partial charge in [0, 0.05) is 17.4 Å². The van der Waals surface area contributed by atoms with Gasteiger partial charge in [-0.2, -0.15) is 23.5 Å². The Morgan fingerprint density at radius 3 is 2.62 bits per heavy atom. The molecule has 1 aliphatic carbocycles. The highest BCUT2D eigenvalue weighted by Gasteiger charge is 2.47. The summed E-state index contributed by atoms with van der Waals surface area (Å²) < 4.78 is 42.8. The molecule has 194 valence electrons. The second-order valence-electron chi connectivity index (χ2n) is 10.8. The van der Waals surface area contributed by atoms with Crippen molar-refractivity contribution in [1.29, 1.82) is 5.26 Å². The van der Waals surface area contributed by atoms with Crippen LogP contribution < -0.4 is 10.6 Å². The molecule has 1 amide bonds. The van der Waals surface area contributed by atoms with E-state index in [9.17, 15) is 23.2 Å². The lowest BCUT2D eigenvalue weighted by atomic mass is 9.72. The Balaban J connectivity index is 1.42. The van der Waals surface area contributed by atoms with E-state index in [4.69, 9.17) is 0 Å². The number of carbonyl (C=O) groups is 1. The van der Waals surface area contributed by atoms with Crippen LogP contribution in [0.1, 0.15) is 77.8 Å². The average molecular weight is 528 g/mol. The van der Waals surface area contributed by atoms with Gasteiger partial charge in [-0.05, 0) is 41.7 Å². The molecule has 3 atom stereocenters. The molecule has 0 saturated heterocycles. The highest BCUT2D eigenvalue weighted by atomic mass is 32.1. The summed E-state index contributed by atoms with van der Waals surface area (Å²) in [7, 11) is 0. The maximum atomic E-state index is 14.0. The standard InChI is InChI=1S/C27H28F3N5OS/c1-26(2,3)16-9-10-17-18(14-31)25(37-21(17)11-16)33-24(36)20-13-23-32-19(15-7-5-4-6-8-15)12-22(27(28,29)30)35(23)34-20/h4-8,13,16,19,22,32H,9-12H2,1-3H3,(H,33,36)/t16-,19+,22-/m0/s1. The van der Waals surface area contributed by atoms with Crippen molar-refractivity contribution in [1.82, 2.24) is 9.78 Å². The second kappa shape index (κ2) is 9.21. The molecule has 2 aromatic heterocycles. The molecule has 3 heterocycles. The molecule has 37 heavy (non-hydrogen) atoms. The topological polar surface area (TPSA) is 82.7 Å². The smallest absolute Gasteiger partial charge is 0.363 e. The fourth-order valence-electron chi connectivity index (χ4n) is 5.29. The third kappa shape index (κ3) is 4.85. The summed E-state index contributed by atoms with van der Waals surface area (Å²) in [6.45, 7) is 6.61. The van der Waals surface area contributed by atoms with E-state index >= 15 is 0 Å². The molecule has 3 aromatic rings. The second-order valence-corrected chi connectivity index (χ2v) is 11.9. The fourth-order valence-corrected chi connectivity index (χ4v) is 6.56. The van der Waals surface area contributed by atoms with Crippen LogP contribution in [0.5, 0.6) is 0 Å².